The highest BCUT2D eigenvalue weighted by Gasteiger charge is 2.50. The molecule has 156 valence electrons. The molecule has 0 bridgehead atoms. The molecule has 3 heterocycles. The molecule has 5 aliphatic rings. The summed E-state index contributed by atoms with van der Waals surface area (Å²) < 4.78 is 0. The molecule has 0 spiro atoms. The summed E-state index contributed by atoms with van der Waals surface area (Å²) in [5.41, 5.74) is 15.6. The molecule has 0 aromatic heterocycles. The monoisotopic (exact) mass is 422 g/mol. The number of hydrogen-bond acceptors (Lipinski definition) is 2. The molecule has 0 N–H and O–H groups in total. The molecule has 0 unspecified atom stereocenters. The van der Waals surface area contributed by atoms with Crippen molar-refractivity contribution in [2.45, 2.75) is 25.7 Å². The van der Waals surface area contributed by atoms with Gasteiger partial charge in [-0.2, -0.15) is 0 Å². The summed E-state index contributed by atoms with van der Waals surface area (Å²) in [4.78, 5) is 5.19. The van der Waals surface area contributed by atoms with E-state index in [1.165, 1.54) is 50.5 Å². The molecular formula is C30H23BN2. The molecule has 3 heteroatoms. The summed E-state index contributed by atoms with van der Waals surface area (Å²) in [6, 6.07) is 26.8. The first-order valence-corrected chi connectivity index (χ1v) is 12.1. The number of benzene rings is 3. The van der Waals surface area contributed by atoms with Crippen LogP contribution in [0, 0.1) is 0 Å². The van der Waals surface area contributed by atoms with E-state index in [-0.39, 0.29) is 6.85 Å². The molecule has 3 aliphatic heterocycles. The number of fused-ring (bicyclic) bond motifs is 5. The molecule has 2 nitrogen and oxygen atoms in total. The Morgan fingerprint density at radius 2 is 1.48 bits per heavy atom. The van der Waals surface area contributed by atoms with Crippen LogP contribution in [0.15, 0.2) is 119 Å². The smallest absolute Gasteiger partial charge is 0.333 e. The molecule has 0 atom stereocenters. The van der Waals surface area contributed by atoms with E-state index in [1.54, 1.807) is 11.1 Å². The normalized spacial score (nSPS) is 19.3. The third kappa shape index (κ3) is 2.20. The Hall–Kier alpha value is -3.72. The predicted octanol–water partition coefficient (Wildman–Crippen LogP) is 6.66. The lowest BCUT2D eigenvalue weighted by Gasteiger charge is -2.52. The zero-order valence-electron chi connectivity index (χ0n) is 18.5. The van der Waals surface area contributed by atoms with Crippen molar-refractivity contribution in [3.63, 3.8) is 0 Å². The van der Waals surface area contributed by atoms with Gasteiger partial charge in [-0.05, 0) is 83.7 Å². The lowest BCUT2D eigenvalue weighted by atomic mass is 9.39. The largest absolute Gasteiger partial charge is 0.376 e. The molecule has 3 aromatic carbocycles. The van der Waals surface area contributed by atoms with Crippen LogP contribution in [0.2, 0.25) is 0 Å². The van der Waals surface area contributed by atoms with Crippen LogP contribution in [0.3, 0.4) is 0 Å². The van der Waals surface area contributed by atoms with Crippen molar-refractivity contribution in [3.8, 4) is 11.1 Å². The van der Waals surface area contributed by atoms with Crippen molar-refractivity contribution in [1.29, 1.82) is 0 Å². The number of anilines is 3. The van der Waals surface area contributed by atoms with Gasteiger partial charge in [-0.15, -0.1) is 0 Å². The van der Waals surface area contributed by atoms with Gasteiger partial charge in [-0.1, -0.05) is 60.7 Å². The van der Waals surface area contributed by atoms with Crippen LogP contribution < -0.4 is 15.2 Å². The van der Waals surface area contributed by atoms with Crippen LogP contribution in [0.5, 0.6) is 0 Å². The van der Waals surface area contributed by atoms with E-state index in [9.17, 15) is 0 Å². The minimum atomic E-state index is 0.245. The minimum Gasteiger partial charge on any atom is -0.376 e. The zero-order valence-corrected chi connectivity index (χ0v) is 18.5. The van der Waals surface area contributed by atoms with Gasteiger partial charge in [-0.25, -0.2) is 0 Å². The Morgan fingerprint density at radius 3 is 2.42 bits per heavy atom. The number of hydrogen-bond donors (Lipinski definition) is 0. The molecule has 0 radical (unpaired) electrons. The third-order valence-electron chi connectivity index (χ3n) is 7.94. The third-order valence-corrected chi connectivity index (χ3v) is 7.94. The van der Waals surface area contributed by atoms with Gasteiger partial charge < -0.3 is 9.71 Å². The second kappa shape index (κ2) is 6.42. The summed E-state index contributed by atoms with van der Waals surface area (Å²) in [5.74, 6) is 0. The standard InChI is InChI=1S/C30H23BN2/c1-2-10-20(11-3-1)32-27-18-8-14-23-21-12-4-6-16-25(21)33-26-17-7-5-13-22(26)24-15-9-19-28(32)30(24)31(33)29(23)27/h1-4,6-8,10-12,14,16-19H,5,9,13,15H2. The summed E-state index contributed by atoms with van der Waals surface area (Å²) in [5, 5.41) is 0. The van der Waals surface area contributed by atoms with Crippen LogP contribution >= 0.6 is 0 Å². The zero-order chi connectivity index (χ0) is 21.5. The van der Waals surface area contributed by atoms with Crippen LogP contribution in [-0.2, 0) is 0 Å². The van der Waals surface area contributed by atoms with Crippen LogP contribution in [0.4, 0.5) is 17.1 Å². The Morgan fingerprint density at radius 1 is 0.697 bits per heavy atom. The van der Waals surface area contributed by atoms with E-state index in [4.69, 9.17) is 0 Å². The second-order valence-electron chi connectivity index (χ2n) is 9.52. The summed E-state index contributed by atoms with van der Waals surface area (Å²) in [6.07, 6.45) is 11.8. The maximum atomic E-state index is 2.66. The highest BCUT2D eigenvalue weighted by molar-refractivity contribution is 6.88. The van der Waals surface area contributed by atoms with Crippen molar-refractivity contribution >= 4 is 29.4 Å². The quantitative estimate of drug-likeness (QED) is 0.405. The molecule has 0 saturated carbocycles. The van der Waals surface area contributed by atoms with Crippen molar-refractivity contribution in [1.82, 2.24) is 0 Å². The molecule has 0 fully saturated rings. The van der Waals surface area contributed by atoms with Crippen molar-refractivity contribution in [2.75, 3.05) is 9.71 Å². The fourth-order valence-electron chi connectivity index (χ4n) is 6.74. The molecule has 0 amide bonds. The highest BCUT2D eigenvalue weighted by atomic mass is 15.2. The summed E-state index contributed by atoms with van der Waals surface area (Å²) in [7, 11) is 0. The van der Waals surface area contributed by atoms with Gasteiger partial charge in [0.15, 0.2) is 0 Å². The minimum absolute atomic E-state index is 0.245. The number of nitrogens with zero attached hydrogens (tertiary/aromatic N) is 2. The molecular weight excluding hydrogens is 399 g/mol. The average Bonchev–Trinajstić information content (AvgIpc) is 2.89. The lowest BCUT2D eigenvalue weighted by Crippen LogP contribution is -2.60. The van der Waals surface area contributed by atoms with Crippen LogP contribution in [0.25, 0.3) is 11.1 Å². The molecule has 3 aromatic rings. The molecule has 0 saturated heterocycles. The van der Waals surface area contributed by atoms with Crippen LogP contribution in [0.1, 0.15) is 25.7 Å². The van der Waals surface area contributed by atoms with Gasteiger partial charge in [0.1, 0.15) is 0 Å². The Labute approximate surface area is 195 Å². The van der Waals surface area contributed by atoms with Gasteiger partial charge >= 0.3 is 6.85 Å². The molecule has 8 rings (SSSR count). The summed E-state index contributed by atoms with van der Waals surface area (Å²) in [6.45, 7) is 0.245. The topological polar surface area (TPSA) is 6.48 Å². The number of rotatable bonds is 1. The first kappa shape index (κ1) is 17.8. The van der Waals surface area contributed by atoms with E-state index in [2.05, 4.69) is 101 Å². The lowest BCUT2D eigenvalue weighted by molar-refractivity contribution is 0.850. The van der Waals surface area contributed by atoms with Gasteiger partial charge in [0.2, 0.25) is 0 Å². The van der Waals surface area contributed by atoms with E-state index in [0.717, 1.165) is 25.7 Å². The SMILES string of the molecule is C1=CC2=C(CC1)C1=C3B4c5c(cccc5N(c5ccccc5)C3=CCC1)-c1ccccc1N42. The van der Waals surface area contributed by atoms with Gasteiger partial charge in [0.25, 0.3) is 0 Å². The van der Waals surface area contributed by atoms with Gasteiger partial charge in [0.05, 0.1) is 0 Å². The number of para-hydroxylation sites is 2. The van der Waals surface area contributed by atoms with Crippen molar-refractivity contribution in [3.05, 3.63) is 119 Å². The number of allylic oxidation sites excluding steroid dienone is 6. The van der Waals surface area contributed by atoms with Crippen molar-refractivity contribution in [2.24, 2.45) is 0 Å². The first-order valence-electron chi connectivity index (χ1n) is 12.1. The average molecular weight is 422 g/mol. The first-order chi connectivity index (χ1) is 16.4. The second-order valence-corrected chi connectivity index (χ2v) is 9.52. The van der Waals surface area contributed by atoms with E-state index >= 15 is 0 Å². The molecule has 33 heavy (non-hydrogen) atoms. The highest BCUT2D eigenvalue weighted by Crippen LogP contribution is 2.53. The Kier molecular flexibility index (Phi) is 3.46. The Bertz CT molecular complexity index is 1470. The van der Waals surface area contributed by atoms with Crippen molar-refractivity contribution < 1.29 is 0 Å². The fourth-order valence-corrected chi connectivity index (χ4v) is 6.74. The fraction of sp³-hybridized carbons (Fsp3) is 0.133. The molecule has 2 aliphatic carbocycles. The Balaban J connectivity index is 1.54. The van der Waals surface area contributed by atoms with E-state index in [1.807, 2.05) is 0 Å². The van der Waals surface area contributed by atoms with Gasteiger partial charge in [-0.3, -0.25) is 0 Å². The van der Waals surface area contributed by atoms with E-state index < -0.39 is 0 Å². The predicted molar refractivity (Wildman–Crippen MR) is 138 cm³/mol. The van der Waals surface area contributed by atoms with E-state index in [0.29, 0.717) is 0 Å². The maximum Gasteiger partial charge on any atom is 0.333 e. The maximum absolute atomic E-state index is 2.66. The van der Waals surface area contributed by atoms with Crippen LogP contribution in [-0.4, -0.2) is 6.85 Å². The summed E-state index contributed by atoms with van der Waals surface area (Å²) >= 11 is 0. The van der Waals surface area contributed by atoms with Gasteiger partial charge in [0, 0.05) is 34.0 Å².